The number of thioether (sulfide) groups is 1. The minimum Gasteiger partial charge on any atom is -0.354 e. The summed E-state index contributed by atoms with van der Waals surface area (Å²) in [5.41, 5.74) is 0.828. The summed E-state index contributed by atoms with van der Waals surface area (Å²) in [6.45, 7) is 0.561. The fourth-order valence-corrected chi connectivity index (χ4v) is 5.19. The van der Waals surface area contributed by atoms with Crippen molar-refractivity contribution in [1.82, 2.24) is 14.9 Å². The lowest BCUT2D eigenvalue weighted by Gasteiger charge is -2.26. The van der Waals surface area contributed by atoms with Crippen molar-refractivity contribution in [1.29, 1.82) is 0 Å². The lowest BCUT2D eigenvalue weighted by atomic mass is 10.2. The summed E-state index contributed by atoms with van der Waals surface area (Å²) in [6, 6.07) is 12.3. The number of rotatable bonds is 8. The van der Waals surface area contributed by atoms with Gasteiger partial charge in [0.25, 0.3) is 5.91 Å². The van der Waals surface area contributed by atoms with Gasteiger partial charge >= 0.3 is 0 Å². The predicted molar refractivity (Wildman–Crippen MR) is 113 cm³/mol. The summed E-state index contributed by atoms with van der Waals surface area (Å²) in [6.07, 6.45) is 0. The van der Waals surface area contributed by atoms with Crippen molar-refractivity contribution in [3.05, 3.63) is 65.5 Å². The van der Waals surface area contributed by atoms with Crippen LogP contribution in [0.2, 0.25) is 0 Å². The van der Waals surface area contributed by atoms with E-state index < -0.39 is 15.9 Å². The van der Waals surface area contributed by atoms with Crippen LogP contribution in [-0.4, -0.2) is 56.5 Å². The van der Waals surface area contributed by atoms with Gasteiger partial charge in [0.2, 0.25) is 15.9 Å². The van der Waals surface area contributed by atoms with Crippen LogP contribution in [0.4, 0.5) is 4.39 Å². The van der Waals surface area contributed by atoms with Crippen molar-refractivity contribution in [2.45, 2.75) is 10.6 Å². The second-order valence-corrected chi connectivity index (χ2v) is 9.66. The van der Waals surface area contributed by atoms with Crippen LogP contribution in [0, 0.1) is 5.82 Å². The average molecular weight is 452 g/mol. The highest BCUT2D eigenvalue weighted by molar-refractivity contribution is 7.98. The number of nitrogens with zero attached hydrogens (tertiary/aromatic N) is 1. The molecule has 1 saturated heterocycles. The minimum absolute atomic E-state index is 0.0289. The molecular weight excluding hydrogens is 429 g/mol. The molecule has 7 nitrogen and oxygen atoms in total. The number of carbonyl (C=O) groups is 2. The maximum Gasteiger partial charge on any atom is 0.251 e. The quantitative estimate of drug-likeness (QED) is 0.595. The van der Waals surface area contributed by atoms with Crippen molar-refractivity contribution in [2.75, 3.05) is 31.9 Å². The number of hydrogen-bond donors (Lipinski definition) is 2. The molecule has 0 aliphatic carbocycles. The zero-order valence-electron chi connectivity index (χ0n) is 16.1. The Hall–Kier alpha value is -2.43. The van der Waals surface area contributed by atoms with Crippen LogP contribution in [-0.2, 0) is 20.6 Å². The van der Waals surface area contributed by atoms with Gasteiger partial charge in [0.1, 0.15) is 5.82 Å². The first-order chi connectivity index (χ1) is 14.4. The molecular formula is C20H22FN3O4S2. The summed E-state index contributed by atoms with van der Waals surface area (Å²) in [5.74, 6) is 0.0838. The third-order valence-electron chi connectivity index (χ3n) is 4.48. The van der Waals surface area contributed by atoms with E-state index in [9.17, 15) is 22.4 Å². The SMILES string of the molecule is O=C1CN(S(=O)(=O)c2cccc(C(=O)NCCSCc3ccccc3F)c2)CCN1. The molecule has 160 valence electrons. The molecule has 2 aromatic carbocycles. The van der Waals surface area contributed by atoms with E-state index in [-0.39, 0.29) is 41.8 Å². The molecule has 2 N–H and O–H groups in total. The van der Waals surface area contributed by atoms with Gasteiger partial charge in [-0.3, -0.25) is 9.59 Å². The molecule has 0 unspecified atom stereocenters. The van der Waals surface area contributed by atoms with Crippen LogP contribution in [0.1, 0.15) is 15.9 Å². The molecule has 0 spiro atoms. The average Bonchev–Trinajstić information content (AvgIpc) is 2.74. The van der Waals surface area contributed by atoms with E-state index in [4.69, 9.17) is 0 Å². The molecule has 10 heteroatoms. The summed E-state index contributed by atoms with van der Waals surface area (Å²) < 4.78 is 40.2. The molecule has 0 saturated carbocycles. The Kier molecular flexibility index (Phi) is 7.46. The summed E-state index contributed by atoms with van der Waals surface area (Å²) >= 11 is 1.49. The van der Waals surface area contributed by atoms with Crippen molar-refractivity contribution in [2.24, 2.45) is 0 Å². The Morgan fingerprint density at radius 2 is 2.00 bits per heavy atom. The molecule has 0 bridgehead atoms. The Morgan fingerprint density at radius 1 is 1.20 bits per heavy atom. The molecule has 2 aromatic rings. The van der Waals surface area contributed by atoms with Crippen molar-refractivity contribution < 1.29 is 22.4 Å². The van der Waals surface area contributed by atoms with Gasteiger partial charge in [-0.05, 0) is 29.8 Å². The maximum atomic E-state index is 13.6. The van der Waals surface area contributed by atoms with Gasteiger partial charge in [-0.1, -0.05) is 24.3 Å². The van der Waals surface area contributed by atoms with E-state index in [1.165, 1.54) is 42.1 Å². The smallest absolute Gasteiger partial charge is 0.251 e. The van der Waals surface area contributed by atoms with Gasteiger partial charge in [-0.15, -0.1) is 0 Å². The van der Waals surface area contributed by atoms with E-state index in [1.807, 2.05) is 0 Å². The highest BCUT2D eigenvalue weighted by Crippen LogP contribution is 2.18. The zero-order chi connectivity index (χ0) is 21.6. The second-order valence-electron chi connectivity index (χ2n) is 6.62. The fraction of sp³-hybridized carbons (Fsp3) is 0.300. The summed E-state index contributed by atoms with van der Waals surface area (Å²) in [4.78, 5) is 23.9. The van der Waals surface area contributed by atoms with Crippen LogP contribution in [0.25, 0.3) is 0 Å². The number of amides is 2. The number of nitrogens with one attached hydrogen (secondary N) is 2. The Labute approximate surface area is 179 Å². The van der Waals surface area contributed by atoms with E-state index in [0.717, 1.165) is 4.31 Å². The lowest BCUT2D eigenvalue weighted by Crippen LogP contribution is -2.49. The summed E-state index contributed by atoms with van der Waals surface area (Å²) in [5, 5.41) is 5.32. The fourth-order valence-electron chi connectivity index (χ4n) is 2.90. The van der Waals surface area contributed by atoms with Crippen molar-refractivity contribution in [3.8, 4) is 0 Å². The molecule has 1 heterocycles. The van der Waals surface area contributed by atoms with Gasteiger partial charge in [0, 0.05) is 36.7 Å². The largest absolute Gasteiger partial charge is 0.354 e. The Balaban J connectivity index is 1.54. The number of sulfonamides is 1. The van der Waals surface area contributed by atoms with Crippen LogP contribution in [0.5, 0.6) is 0 Å². The van der Waals surface area contributed by atoms with E-state index in [0.29, 0.717) is 23.6 Å². The molecule has 30 heavy (non-hydrogen) atoms. The third-order valence-corrected chi connectivity index (χ3v) is 7.33. The molecule has 1 aliphatic heterocycles. The number of piperazine rings is 1. The standard InChI is InChI=1S/C20H22FN3O4S2/c21-18-7-2-1-4-16(18)14-29-11-9-23-20(26)15-5-3-6-17(12-15)30(27,28)24-10-8-22-19(25)13-24/h1-7,12H,8-11,13-14H2,(H,22,25)(H,23,26). The van der Waals surface area contributed by atoms with E-state index in [1.54, 1.807) is 18.2 Å². The van der Waals surface area contributed by atoms with Gasteiger partial charge in [-0.25, -0.2) is 12.8 Å². The number of carbonyl (C=O) groups excluding carboxylic acids is 2. The van der Waals surface area contributed by atoms with Gasteiger partial charge in [-0.2, -0.15) is 16.1 Å². The first-order valence-electron chi connectivity index (χ1n) is 9.34. The minimum atomic E-state index is -3.86. The highest BCUT2D eigenvalue weighted by atomic mass is 32.2. The van der Waals surface area contributed by atoms with Crippen LogP contribution < -0.4 is 10.6 Å². The predicted octanol–water partition coefficient (Wildman–Crippen LogP) is 1.61. The first-order valence-corrected chi connectivity index (χ1v) is 11.9. The molecule has 1 fully saturated rings. The molecule has 3 rings (SSSR count). The number of hydrogen-bond acceptors (Lipinski definition) is 5. The third kappa shape index (κ3) is 5.59. The van der Waals surface area contributed by atoms with Crippen molar-refractivity contribution in [3.63, 3.8) is 0 Å². The molecule has 2 amide bonds. The molecule has 0 atom stereocenters. The monoisotopic (exact) mass is 451 g/mol. The normalized spacial score (nSPS) is 14.9. The summed E-state index contributed by atoms with van der Waals surface area (Å²) in [7, 11) is -3.86. The van der Waals surface area contributed by atoms with Crippen molar-refractivity contribution >= 4 is 33.6 Å². The van der Waals surface area contributed by atoms with E-state index >= 15 is 0 Å². The zero-order valence-corrected chi connectivity index (χ0v) is 17.8. The topological polar surface area (TPSA) is 95.6 Å². The van der Waals surface area contributed by atoms with E-state index in [2.05, 4.69) is 10.6 Å². The first kappa shape index (κ1) is 22.3. The molecule has 1 aliphatic rings. The Bertz CT molecular complexity index is 1030. The van der Waals surface area contributed by atoms with Crippen LogP contribution >= 0.6 is 11.8 Å². The number of benzene rings is 2. The molecule has 0 aromatic heterocycles. The molecule has 0 radical (unpaired) electrons. The van der Waals surface area contributed by atoms with Gasteiger partial charge in [0.05, 0.1) is 11.4 Å². The highest BCUT2D eigenvalue weighted by Gasteiger charge is 2.29. The number of halogens is 1. The van der Waals surface area contributed by atoms with Crippen LogP contribution in [0.15, 0.2) is 53.4 Å². The van der Waals surface area contributed by atoms with Gasteiger partial charge < -0.3 is 10.6 Å². The maximum absolute atomic E-state index is 13.6. The second kappa shape index (κ2) is 10.1. The lowest BCUT2D eigenvalue weighted by molar-refractivity contribution is -0.122. The van der Waals surface area contributed by atoms with Crippen LogP contribution in [0.3, 0.4) is 0 Å². The van der Waals surface area contributed by atoms with Gasteiger partial charge in [0.15, 0.2) is 0 Å². The Morgan fingerprint density at radius 3 is 2.77 bits per heavy atom.